The molecule has 0 radical (unpaired) electrons. The summed E-state index contributed by atoms with van der Waals surface area (Å²) in [5, 5.41) is 15.6. The third-order valence-corrected chi connectivity index (χ3v) is 2.81. The van der Waals surface area contributed by atoms with E-state index in [9.17, 15) is 4.79 Å². The Morgan fingerprint density at radius 1 is 1.48 bits per heavy atom. The average Bonchev–Trinajstić information content (AvgIpc) is 2.99. The van der Waals surface area contributed by atoms with Gasteiger partial charge >= 0.3 is 5.97 Å². The lowest BCUT2D eigenvalue weighted by atomic mass is 10.1. The maximum Gasteiger partial charge on any atom is 0.303 e. The van der Waals surface area contributed by atoms with Crippen LogP contribution < -0.4 is 15.5 Å². The Kier molecular flexibility index (Phi) is 5.57. The number of aliphatic imine (C=N–C) groups is 1. The van der Waals surface area contributed by atoms with Gasteiger partial charge in [0.1, 0.15) is 12.4 Å². The van der Waals surface area contributed by atoms with Crippen LogP contribution in [0.1, 0.15) is 12.0 Å². The molecule has 0 aliphatic carbocycles. The Bertz CT molecular complexity index is 526. The number of aliphatic carboxylic acids is 1. The van der Waals surface area contributed by atoms with Crippen molar-refractivity contribution < 1.29 is 14.6 Å². The highest BCUT2D eigenvalue weighted by atomic mass is 16.5. The highest BCUT2D eigenvalue weighted by Crippen LogP contribution is 2.13. The lowest BCUT2D eigenvalue weighted by Crippen LogP contribution is -2.30. The van der Waals surface area contributed by atoms with E-state index < -0.39 is 5.97 Å². The molecule has 1 aromatic carbocycles. The number of ether oxygens (including phenoxy) is 1. The summed E-state index contributed by atoms with van der Waals surface area (Å²) in [6, 6.07) is 7.37. The van der Waals surface area contributed by atoms with Crippen LogP contribution in [0.15, 0.2) is 34.4 Å². The van der Waals surface area contributed by atoms with E-state index in [-0.39, 0.29) is 6.42 Å². The zero-order chi connectivity index (χ0) is 14.9. The quantitative estimate of drug-likeness (QED) is 0.505. The normalized spacial score (nSPS) is 13.8. The van der Waals surface area contributed by atoms with Gasteiger partial charge in [0.15, 0.2) is 0 Å². The van der Waals surface area contributed by atoms with Gasteiger partial charge in [0.05, 0.1) is 12.8 Å². The summed E-state index contributed by atoms with van der Waals surface area (Å²) in [6.45, 7) is 1.94. The van der Waals surface area contributed by atoms with E-state index >= 15 is 0 Å². The Morgan fingerprint density at radius 2 is 2.29 bits per heavy atom. The molecule has 0 fully saturated rings. The largest absolute Gasteiger partial charge is 0.488 e. The number of carboxylic acid groups (broad SMARTS) is 1. The zero-order valence-corrected chi connectivity index (χ0v) is 11.6. The first-order valence-electron chi connectivity index (χ1n) is 6.73. The van der Waals surface area contributed by atoms with Gasteiger partial charge in [-0.05, 0) is 24.1 Å². The van der Waals surface area contributed by atoms with E-state index in [1.54, 1.807) is 6.21 Å². The van der Waals surface area contributed by atoms with Crippen molar-refractivity contribution in [3.8, 4) is 5.75 Å². The van der Waals surface area contributed by atoms with Crippen molar-refractivity contribution in [1.29, 1.82) is 0 Å². The first kappa shape index (κ1) is 14.8. The van der Waals surface area contributed by atoms with E-state index in [1.165, 1.54) is 0 Å². The number of hydrazone groups is 1. The van der Waals surface area contributed by atoms with Crippen LogP contribution in [0.3, 0.4) is 0 Å². The van der Waals surface area contributed by atoms with Crippen LogP contribution in [0.25, 0.3) is 0 Å². The van der Waals surface area contributed by atoms with Crippen LogP contribution in [0.4, 0.5) is 0 Å². The Hall–Kier alpha value is -2.57. The summed E-state index contributed by atoms with van der Waals surface area (Å²) < 4.78 is 5.49. The van der Waals surface area contributed by atoms with E-state index in [0.717, 1.165) is 24.4 Å². The predicted molar refractivity (Wildman–Crippen MR) is 79.8 cm³/mol. The molecule has 0 spiro atoms. The molecule has 1 aliphatic rings. The van der Waals surface area contributed by atoms with Crippen molar-refractivity contribution in [2.75, 3.05) is 19.7 Å². The lowest BCUT2D eigenvalue weighted by Gasteiger charge is -2.04. The van der Waals surface area contributed by atoms with Crippen molar-refractivity contribution in [2.45, 2.75) is 12.8 Å². The summed E-state index contributed by atoms with van der Waals surface area (Å²) >= 11 is 0. The minimum absolute atomic E-state index is 0.135. The fourth-order valence-corrected chi connectivity index (χ4v) is 1.75. The molecule has 0 saturated heterocycles. The Labute approximate surface area is 122 Å². The van der Waals surface area contributed by atoms with Crippen LogP contribution in [-0.4, -0.2) is 42.9 Å². The summed E-state index contributed by atoms with van der Waals surface area (Å²) in [5.41, 5.74) is 3.75. The molecule has 1 aliphatic heterocycles. The molecule has 112 valence electrons. The maximum absolute atomic E-state index is 10.5. The summed E-state index contributed by atoms with van der Waals surface area (Å²) in [4.78, 5) is 14.6. The molecule has 0 bridgehead atoms. The van der Waals surface area contributed by atoms with Gasteiger partial charge in [-0.25, -0.2) is 10.4 Å². The van der Waals surface area contributed by atoms with Crippen LogP contribution in [0.2, 0.25) is 0 Å². The van der Waals surface area contributed by atoms with E-state index in [2.05, 4.69) is 20.8 Å². The molecular weight excluding hydrogens is 272 g/mol. The molecule has 0 unspecified atom stereocenters. The van der Waals surface area contributed by atoms with Crippen molar-refractivity contribution in [3.05, 3.63) is 29.8 Å². The molecular formula is C14H18N4O3. The molecule has 21 heavy (non-hydrogen) atoms. The average molecular weight is 290 g/mol. The maximum atomic E-state index is 10.5. The van der Waals surface area contributed by atoms with Crippen LogP contribution in [0.5, 0.6) is 5.75 Å². The second kappa shape index (κ2) is 7.88. The van der Waals surface area contributed by atoms with Gasteiger partial charge in [0, 0.05) is 13.0 Å². The molecule has 1 heterocycles. The number of nitrogens with one attached hydrogen (secondary N) is 2. The fourth-order valence-electron chi connectivity index (χ4n) is 1.75. The third-order valence-electron chi connectivity index (χ3n) is 2.81. The molecule has 7 heteroatoms. The van der Waals surface area contributed by atoms with E-state index in [4.69, 9.17) is 9.84 Å². The highest BCUT2D eigenvalue weighted by molar-refractivity contribution is 5.81. The standard InChI is InChI=1S/C14H18N4O3/c19-13(20)6-3-11-1-4-12(5-2-11)21-10-9-17-18-14-15-7-8-16-14/h1-2,4-5,9H,3,6-8,10H2,(H,19,20)(H2,15,16,18)/b17-9+. The molecule has 7 nitrogen and oxygen atoms in total. The number of rotatable bonds is 7. The van der Waals surface area contributed by atoms with Gasteiger partial charge in [-0.15, -0.1) is 0 Å². The first-order chi connectivity index (χ1) is 10.2. The smallest absolute Gasteiger partial charge is 0.303 e. The molecule has 0 saturated carbocycles. The van der Waals surface area contributed by atoms with Crippen molar-refractivity contribution in [1.82, 2.24) is 10.7 Å². The van der Waals surface area contributed by atoms with Gasteiger partial charge in [-0.2, -0.15) is 5.10 Å². The SMILES string of the molecule is O=C(O)CCc1ccc(OC/C=N/NC2=NCCN2)cc1. The fraction of sp³-hybridized carbons (Fsp3) is 0.357. The Morgan fingerprint density at radius 3 is 2.95 bits per heavy atom. The first-order valence-corrected chi connectivity index (χ1v) is 6.73. The number of guanidine groups is 1. The van der Waals surface area contributed by atoms with Gasteiger partial charge in [0.25, 0.3) is 0 Å². The molecule has 0 amide bonds. The molecule has 0 aromatic heterocycles. The van der Waals surface area contributed by atoms with Gasteiger partial charge in [-0.1, -0.05) is 12.1 Å². The van der Waals surface area contributed by atoms with Crippen LogP contribution in [0, 0.1) is 0 Å². The predicted octanol–water partition coefficient (Wildman–Crippen LogP) is 0.617. The van der Waals surface area contributed by atoms with Gasteiger partial charge in [0.2, 0.25) is 5.96 Å². The number of benzene rings is 1. The third kappa shape index (κ3) is 5.52. The van der Waals surface area contributed by atoms with Crippen molar-refractivity contribution in [2.24, 2.45) is 10.1 Å². The highest BCUT2D eigenvalue weighted by Gasteiger charge is 2.01. The Balaban J connectivity index is 1.68. The molecule has 0 atom stereocenters. The molecule has 2 rings (SSSR count). The number of hydrogen-bond donors (Lipinski definition) is 3. The van der Waals surface area contributed by atoms with Crippen LogP contribution in [-0.2, 0) is 11.2 Å². The minimum Gasteiger partial charge on any atom is -0.488 e. The number of carbonyl (C=O) groups is 1. The topological polar surface area (TPSA) is 95.3 Å². The van der Waals surface area contributed by atoms with Gasteiger partial charge < -0.3 is 15.2 Å². The summed E-state index contributed by atoms with van der Waals surface area (Å²) in [7, 11) is 0. The van der Waals surface area contributed by atoms with Crippen LogP contribution >= 0.6 is 0 Å². The van der Waals surface area contributed by atoms with E-state index in [1.807, 2.05) is 24.3 Å². The minimum atomic E-state index is -0.791. The second-order valence-electron chi connectivity index (χ2n) is 4.43. The number of nitrogens with zero attached hydrogens (tertiary/aromatic N) is 2. The monoisotopic (exact) mass is 290 g/mol. The number of carboxylic acids is 1. The molecule has 3 N–H and O–H groups in total. The van der Waals surface area contributed by atoms with Crippen molar-refractivity contribution >= 4 is 18.1 Å². The van der Waals surface area contributed by atoms with Gasteiger partial charge in [-0.3, -0.25) is 4.79 Å². The summed E-state index contributed by atoms with van der Waals surface area (Å²) in [5.74, 6) is 0.603. The summed E-state index contributed by atoms with van der Waals surface area (Å²) in [6.07, 6.45) is 2.27. The number of aryl methyl sites for hydroxylation is 1. The molecule has 1 aromatic rings. The lowest BCUT2D eigenvalue weighted by molar-refractivity contribution is -0.136. The number of hydrogen-bond acceptors (Lipinski definition) is 6. The van der Waals surface area contributed by atoms with E-state index in [0.29, 0.717) is 19.0 Å². The zero-order valence-electron chi connectivity index (χ0n) is 11.6. The second-order valence-corrected chi connectivity index (χ2v) is 4.43. The van der Waals surface area contributed by atoms with Crippen molar-refractivity contribution in [3.63, 3.8) is 0 Å².